The SMILES string of the molecule is C#CCOc1cnc(C(=O)Nc2ccc(F)c([C@@]3(C)N=C(N(COCC[Si](C)(C)C)C(=O)OC(C)(C)C)S[C@@]4(C(=O)OC)C[C@H]43)c2)cn1. The van der Waals surface area contributed by atoms with Gasteiger partial charge in [0.25, 0.3) is 5.91 Å². The van der Waals surface area contributed by atoms with Gasteiger partial charge >= 0.3 is 12.1 Å². The van der Waals surface area contributed by atoms with Crippen molar-refractivity contribution in [3.8, 4) is 18.2 Å². The minimum atomic E-state index is -1.44. The summed E-state index contributed by atoms with van der Waals surface area (Å²) < 4.78 is 36.7. The number of anilines is 1. The first-order valence-corrected chi connectivity index (χ1v) is 19.9. The number of rotatable bonds is 11. The van der Waals surface area contributed by atoms with Crippen LogP contribution < -0.4 is 10.1 Å². The van der Waals surface area contributed by atoms with E-state index in [9.17, 15) is 14.4 Å². The minimum absolute atomic E-state index is 0.000528. The van der Waals surface area contributed by atoms with Crippen LogP contribution in [0.1, 0.15) is 50.2 Å². The normalized spacial score (nSPS) is 21.6. The van der Waals surface area contributed by atoms with E-state index >= 15 is 4.39 Å². The Bertz CT molecular complexity index is 1620. The maximum atomic E-state index is 15.8. The summed E-state index contributed by atoms with van der Waals surface area (Å²) in [6.07, 6.45) is 7.28. The minimum Gasteiger partial charge on any atom is -0.468 e. The number of fused-ring (bicyclic) bond motifs is 1. The van der Waals surface area contributed by atoms with Gasteiger partial charge in [0.2, 0.25) is 5.88 Å². The molecule has 3 atom stereocenters. The number of carbonyl (C=O) groups excluding carboxylic acids is 3. The van der Waals surface area contributed by atoms with E-state index in [0.29, 0.717) is 13.0 Å². The lowest BCUT2D eigenvalue weighted by Crippen LogP contribution is -2.47. The summed E-state index contributed by atoms with van der Waals surface area (Å²) in [5.41, 5.74) is -1.83. The quantitative estimate of drug-likeness (QED) is 0.102. The molecule has 2 amide bonds. The molecule has 4 rings (SSSR count). The highest BCUT2D eigenvalue weighted by molar-refractivity contribution is 8.15. The van der Waals surface area contributed by atoms with E-state index in [2.05, 4.69) is 40.8 Å². The van der Waals surface area contributed by atoms with Gasteiger partial charge < -0.3 is 24.3 Å². The number of thioether (sulfide) groups is 1. The molecule has 48 heavy (non-hydrogen) atoms. The van der Waals surface area contributed by atoms with Gasteiger partial charge in [0.05, 0.1) is 25.0 Å². The Labute approximate surface area is 285 Å². The molecule has 12 nitrogen and oxygen atoms in total. The number of halogens is 1. The first kappa shape index (κ1) is 36.8. The molecule has 1 N–H and O–H groups in total. The number of hydrogen-bond acceptors (Lipinski definition) is 11. The van der Waals surface area contributed by atoms with Crippen molar-refractivity contribution in [2.45, 2.75) is 75.7 Å². The molecule has 1 aromatic carbocycles. The molecular weight excluding hydrogens is 658 g/mol. The van der Waals surface area contributed by atoms with Gasteiger partial charge in [-0.25, -0.2) is 24.1 Å². The predicted molar refractivity (Wildman–Crippen MR) is 183 cm³/mol. The Morgan fingerprint density at radius 3 is 2.54 bits per heavy atom. The topological polar surface area (TPSA) is 142 Å². The standard InChI is InChI=1S/C33H42FN5O7SSi/c1-10-13-45-26-19-35-24(18-36-26)27(40)37-21-11-12-23(34)22(16-21)32(5)25-17-33(25,28(41)43-6)47-29(38-32)39(30(42)46-31(2,3)4)20-44-14-15-48(7,8)9/h1,11-12,16,18-19,25H,13-15,17,20H2,2-9H3,(H,37,40)/t25-,32+,33-/m0/s1. The number of methoxy groups -OCH3 is 1. The van der Waals surface area contributed by atoms with Crippen LogP contribution in [0.3, 0.4) is 0 Å². The van der Waals surface area contributed by atoms with E-state index in [4.69, 9.17) is 30.4 Å². The van der Waals surface area contributed by atoms with E-state index in [-0.39, 0.29) is 41.3 Å². The van der Waals surface area contributed by atoms with Gasteiger partial charge in [0, 0.05) is 31.8 Å². The maximum Gasteiger partial charge on any atom is 0.418 e. The first-order chi connectivity index (χ1) is 22.4. The molecule has 1 fully saturated rings. The van der Waals surface area contributed by atoms with Crippen molar-refractivity contribution in [1.82, 2.24) is 14.9 Å². The molecule has 0 unspecified atom stereocenters. The van der Waals surface area contributed by atoms with Gasteiger partial charge in [-0.15, -0.1) is 6.42 Å². The molecule has 258 valence electrons. The third-order valence-electron chi connectivity index (χ3n) is 7.72. The van der Waals surface area contributed by atoms with E-state index in [1.807, 2.05) is 0 Å². The van der Waals surface area contributed by atoms with E-state index in [1.54, 1.807) is 27.7 Å². The van der Waals surface area contributed by atoms with Crippen molar-refractivity contribution in [3.63, 3.8) is 0 Å². The highest BCUT2D eigenvalue weighted by atomic mass is 32.2. The lowest BCUT2D eigenvalue weighted by molar-refractivity contribution is -0.141. The second kappa shape index (κ2) is 14.2. The Balaban J connectivity index is 1.70. The summed E-state index contributed by atoms with van der Waals surface area (Å²) >= 11 is 1.09. The fraction of sp³-hybridized carbons (Fsp3) is 0.515. The summed E-state index contributed by atoms with van der Waals surface area (Å²) in [5.74, 6) is 0.266. The third-order valence-corrected chi connectivity index (χ3v) is 10.9. The fourth-order valence-corrected chi connectivity index (χ4v) is 7.47. The number of ether oxygens (including phenoxy) is 4. The summed E-state index contributed by atoms with van der Waals surface area (Å²) in [6.45, 7) is 13.8. The molecule has 0 radical (unpaired) electrons. The monoisotopic (exact) mass is 699 g/mol. The number of amidine groups is 1. The van der Waals surface area contributed by atoms with Crippen LogP contribution in [0.25, 0.3) is 0 Å². The van der Waals surface area contributed by atoms with Gasteiger partial charge in [-0.2, -0.15) is 0 Å². The van der Waals surface area contributed by atoms with Crippen molar-refractivity contribution in [2.24, 2.45) is 10.9 Å². The molecule has 2 heterocycles. The average Bonchev–Trinajstić information content (AvgIpc) is 3.76. The first-order valence-electron chi connectivity index (χ1n) is 15.4. The fourth-order valence-electron chi connectivity index (χ4n) is 5.12. The molecule has 1 saturated carbocycles. The lowest BCUT2D eigenvalue weighted by Gasteiger charge is -2.37. The molecule has 15 heteroatoms. The number of esters is 1. The van der Waals surface area contributed by atoms with Crippen LogP contribution in [0, 0.1) is 24.1 Å². The lowest BCUT2D eigenvalue weighted by atomic mass is 9.85. The van der Waals surface area contributed by atoms with Crippen molar-refractivity contribution in [2.75, 3.05) is 32.4 Å². The van der Waals surface area contributed by atoms with E-state index < -0.39 is 53.7 Å². The second-order valence-corrected chi connectivity index (χ2v) is 20.8. The van der Waals surface area contributed by atoms with Gasteiger partial charge in [0.15, 0.2) is 11.8 Å². The molecule has 1 aliphatic carbocycles. The highest BCUT2D eigenvalue weighted by Gasteiger charge is 2.72. The van der Waals surface area contributed by atoms with Gasteiger partial charge in [0.1, 0.15) is 28.6 Å². The highest BCUT2D eigenvalue weighted by Crippen LogP contribution is 2.67. The molecule has 0 bridgehead atoms. The smallest absolute Gasteiger partial charge is 0.418 e. The number of carbonyl (C=O) groups is 3. The Morgan fingerprint density at radius 1 is 1.21 bits per heavy atom. The van der Waals surface area contributed by atoms with Crippen LogP contribution in [-0.4, -0.2) is 83.5 Å². The van der Waals surface area contributed by atoms with Crippen molar-refractivity contribution in [3.05, 3.63) is 47.7 Å². The zero-order valence-electron chi connectivity index (χ0n) is 28.5. The largest absolute Gasteiger partial charge is 0.468 e. The number of nitrogens with one attached hydrogen (secondary N) is 1. The van der Waals surface area contributed by atoms with Crippen molar-refractivity contribution >= 4 is 48.7 Å². The van der Waals surface area contributed by atoms with Gasteiger partial charge in [-0.1, -0.05) is 37.3 Å². The molecule has 1 aliphatic heterocycles. The zero-order chi connectivity index (χ0) is 35.5. The average molecular weight is 700 g/mol. The number of nitrogens with zero attached hydrogens (tertiary/aromatic N) is 4. The van der Waals surface area contributed by atoms with Crippen LogP contribution in [-0.2, 0) is 24.5 Å². The van der Waals surface area contributed by atoms with Crippen LogP contribution >= 0.6 is 11.8 Å². The number of aliphatic imine (C=N–C) groups is 1. The van der Waals surface area contributed by atoms with E-state index in [0.717, 1.165) is 17.8 Å². The predicted octanol–water partition coefficient (Wildman–Crippen LogP) is 5.68. The Kier molecular flexibility index (Phi) is 10.9. The van der Waals surface area contributed by atoms with Crippen LogP contribution in [0.15, 0.2) is 35.6 Å². The summed E-state index contributed by atoms with van der Waals surface area (Å²) in [5, 5.41) is 2.85. The summed E-state index contributed by atoms with van der Waals surface area (Å²) in [6, 6.07) is 4.94. The Hall–Kier alpha value is -4.00. The summed E-state index contributed by atoms with van der Waals surface area (Å²) in [4.78, 5) is 54.2. The van der Waals surface area contributed by atoms with Crippen molar-refractivity contribution in [1.29, 1.82) is 0 Å². The molecule has 0 spiro atoms. The molecule has 2 aromatic rings. The molecule has 2 aliphatic rings. The summed E-state index contributed by atoms with van der Waals surface area (Å²) in [7, 11) is -0.152. The van der Waals surface area contributed by atoms with Gasteiger partial charge in [-0.05, 0) is 58.4 Å². The zero-order valence-corrected chi connectivity index (χ0v) is 30.3. The molecular formula is C33H42FN5O7SSi. The van der Waals surface area contributed by atoms with Crippen LogP contribution in [0.4, 0.5) is 14.9 Å². The number of aromatic nitrogens is 2. The number of benzene rings is 1. The number of hydrogen-bond donors (Lipinski definition) is 1. The number of amides is 2. The second-order valence-electron chi connectivity index (χ2n) is 13.9. The van der Waals surface area contributed by atoms with Crippen LogP contribution in [0.5, 0.6) is 5.88 Å². The number of terminal acetylenes is 1. The maximum absolute atomic E-state index is 15.8. The van der Waals surface area contributed by atoms with Crippen molar-refractivity contribution < 1.29 is 37.7 Å². The molecule has 1 aromatic heterocycles. The van der Waals surface area contributed by atoms with E-state index in [1.165, 1.54) is 42.6 Å². The Morgan fingerprint density at radius 2 is 1.94 bits per heavy atom. The molecule has 0 saturated heterocycles. The van der Waals surface area contributed by atoms with Gasteiger partial charge in [-0.3, -0.25) is 14.6 Å². The van der Waals surface area contributed by atoms with Crippen LogP contribution in [0.2, 0.25) is 25.7 Å². The third kappa shape index (κ3) is 8.52.